The number of benzene rings is 1. The molecule has 0 aliphatic carbocycles. The number of nitrogens with zero attached hydrogens (tertiary/aromatic N) is 1. The molecule has 0 aliphatic heterocycles. The van der Waals surface area contributed by atoms with Gasteiger partial charge in [-0.2, -0.15) is 0 Å². The zero-order chi connectivity index (χ0) is 12.1. The third-order valence-corrected chi connectivity index (χ3v) is 1.91. The molecule has 86 valence electrons. The fraction of sp³-hybridized carbons (Fsp3) is 0.222. The smallest absolute Gasteiger partial charge is 0.338 e. The predicted octanol–water partition coefficient (Wildman–Crippen LogP) is 2.56. The number of carbonyl (C=O) groups is 1. The van der Waals surface area contributed by atoms with Gasteiger partial charge in [0.15, 0.2) is 0 Å². The van der Waals surface area contributed by atoms with Gasteiger partial charge in [-0.1, -0.05) is 0 Å². The summed E-state index contributed by atoms with van der Waals surface area (Å²) in [6.45, 7) is -0.126. The van der Waals surface area contributed by atoms with E-state index in [0.717, 1.165) is 0 Å². The van der Waals surface area contributed by atoms with Gasteiger partial charge in [-0.05, 0) is 12.1 Å². The minimum atomic E-state index is -0.790. The number of alkyl halides is 2. The fourth-order valence-electron chi connectivity index (χ4n) is 0.941. The molecule has 0 aromatic heterocycles. The van der Waals surface area contributed by atoms with E-state index in [1.54, 1.807) is 0 Å². The first kappa shape index (κ1) is 12.7. The predicted molar refractivity (Wildman–Crippen MR) is 58.9 cm³/mol. The van der Waals surface area contributed by atoms with E-state index in [4.69, 9.17) is 27.9 Å². The SMILES string of the molecule is O=C(OCC(Cl)Cl)c1ccc([N+](=O)[O-])cc1. The van der Waals surface area contributed by atoms with Crippen LogP contribution < -0.4 is 0 Å². The van der Waals surface area contributed by atoms with Crippen LogP contribution >= 0.6 is 23.2 Å². The number of rotatable bonds is 4. The van der Waals surface area contributed by atoms with Crippen molar-refractivity contribution in [3.63, 3.8) is 0 Å². The van der Waals surface area contributed by atoms with Crippen LogP contribution in [0.1, 0.15) is 10.4 Å². The Kier molecular flexibility index (Phi) is 4.52. The van der Waals surface area contributed by atoms with Crippen LogP contribution in [0.25, 0.3) is 0 Å². The second-order valence-corrected chi connectivity index (χ2v) is 4.07. The average molecular weight is 264 g/mol. The lowest BCUT2D eigenvalue weighted by molar-refractivity contribution is -0.384. The maximum Gasteiger partial charge on any atom is 0.338 e. The quantitative estimate of drug-likeness (QED) is 0.362. The van der Waals surface area contributed by atoms with Gasteiger partial charge in [0.1, 0.15) is 11.4 Å². The van der Waals surface area contributed by atoms with E-state index in [2.05, 4.69) is 0 Å². The maximum absolute atomic E-state index is 11.3. The van der Waals surface area contributed by atoms with Crippen molar-refractivity contribution in [2.24, 2.45) is 0 Å². The summed E-state index contributed by atoms with van der Waals surface area (Å²) in [7, 11) is 0. The number of ether oxygens (including phenoxy) is 1. The number of nitro benzene ring substituents is 1. The number of halogens is 2. The van der Waals surface area contributed by atoms with Crippen LogP contribution in [-0.2, 0) is 4.74 Å². The van der Waals surface area contributed by atoms with Gasteiger partial charge in [-0.3, -0.25) is 10.1 Å². The molecule has 0 fully saturated rings. The van der Waals surface area contributed by atoms with E-state index in [-0.39, 0.29) is 17.9 Å². The second-order valence-electron chi connectivity index (χ2n) is 2.79. The molecule has 0 amide bonds. The molecule has 0 N–H and O–H groups in total. The van der Waals surface area contributed by atoms with E-state index >= 15 is 0 Å². The molecule has 0 atom stereocenters. The highest BCUT2D eigenvalue weighted by molar-refractivity contribution is 6.44. The number of hydrogen-bond acceptors (Lipinski definition) is 4. The summed E-state index contributed by atoms with van der Waals surface area (Å²) in [5.41, 5.74) is 0.115. The van der Waals surface area contributed by atoms with Crippen molar-refractivity contribution in [2.45, 2.75) is 4.84 Å². The van der Waals surface area contributed by atoms with Crippen LogP contribution in [0, 0.1) is 10.1 Å². The zero-order valence-corrected chi connectivity index (χ0v) is 9.44. The number of esters is 1. The molecule has 1 rings (SSSR count). The van der Waals surface area contributed by atoms with E-state index in [1.165, 1.54) is 24.3 Å². The molecular weight excluding hydrogens is 257 g/mol. The first-order chi connectivity index (χ1) is 7.50. The van der Waals surface area contributed by atoms with E-state index < -0.39 is 15.7 Å². The lowest BCUT2D eigenvalue weighted by atomic mass is 10.2. The van der Waals surface area contributed by atoms with Gasteiger partial charge >= 0.3 is 5.97 Å². The van der Waals surface area contributed by atoms with Gasteiger partial charge in [0.05, 0.1) is 10.5 Å². The molecule has 0 aliphatic rings. The van der Waals surface area contributed by atoms with Crippen molar-refractivity contribution in [1.29, 1.82) is 0 Å². The third-order valence-electron chi connectivity index (χ3n) is 1.65. The Morgan fingerprint density at radius 2 is 1.94 bits per heavy atom. The highest BCUT2D eigenvalue weighted by Gasteiger charge is 2.11. The van der Waals surface area contributed by atoms with Crippen molar-refractivity contribution in [1.82, 2.24) is 0 Å². The lowest BCUT2D eigenvalue weighted by Gasteiger charge is -2.04. The monoisotopic (exact) mass is 263 g/mol. The summed E-state index contributed by atoms with van der Waals surface area (Å²) in [6, 6.07) is 5.04. The molecule has 0 heterocycles. The molecular formula is C9H7Cl2NO4. The average Bonchev–Trinajstić information content (AvgIpc) is 2.26. The van der Waals surface area contributed by atoms with Crippen molar-refractivity contribution in [2.75, 3.05) is 6.61 Å². The first-order valence-corrected chi connectivity index (χ1v) is 5.07. The topological polar surface area (TPSA) is 69.4 Å². The summed E-state index contributed by atoms with van der Waals surface area (Å²) in [5.74, 6) is -0.624. The van der Waals surface area contributed by atoms with E-state index in [9.17, 15) is 14.9 Å². The van der Waals surface area contributed by atoms with E-state index in [1.807, 2.05) is 0 Å². The van der Waals surface area contributed by atoms with Crippen LogP contribution in [0.4, 0.5) is 5.69 Å². The molecule has 1 aromatic rings. The summed E-state index contributed by atoms with van der Waals surface area (Å²) in [6.07, 6.45) is 0. The van der Waals surface area contributed by atoms with E-state index in [0.29, 0.717) is 0 Å². The Morgan fingerprint density at radius 3 is 2.38 bits per heavy atom. The number of non-ortho nitro benzene ring substituents is 1. The van der Waals surface area contributed by atoms with Gasteiger partial charge in [0, 0.05) is 12.1 Å². The van der Waals surface area contributed by atoms with Gasteiger partial charge in [0.25, 0.3) is 5.69 Å². The normalized spacial score (nSPS) is 10.2. The van der Waals surface area contributed by atoms with Gasteiger partial charge in [0.2, 0.25) is 0 Å². The highest BCUT2D eigenvalue weighted by Crippen LogP contribution is 2.13. The van der Waals surface area contributed by atoms with Crippen LogP contribution in [0.5, 0.6) is 0 Å². The van der Waals surface area contributed by atoms with Crippen molar-refractivity contribution in [3.05, 3.63) is 39.9 Å². The minimum absolute atomic E-state index is 0.0934. The Bertz CT molecular complexity index is 391. The molecule has 0 bridgehead atoms. The Morgan fingerprint density at radius 1 is 1.38 bits per heavy atom. The highest BCUT2D eigenvalue weighted by atomic mass is 35.5. The van der Waals surface area contributed by atoms with Crippen LogP contribution in [0.3, 0.4) is 0 Å². The Balaban J connectivity index is 2.67. The van der Waals surface area contributed by atoms with Crippen molar-refractivity contribution in [3.8, 4) is 0 Å². The molecule has 5 nitrogen and oxygen atoms in total. The molecule has 0 spiro atoms. The lowest BCUT2D eigenvalue weighted by Crippen LogP contribution is -2.10. The van der Waals surface area contributed by atoms with Gasteiger partial charge < -0.3 is 4.74 Å². The largest absolute Gasteiger partial charge is 0.459 e. The molecule has 1 aromatic carbocycles. The maximum atomic E-state index is 11.3. The molecule has 0 saturated heterocycles. The zero-order valence-electron chi connectivity index (χ0n) is 7.93. The first-order valence-electron chi connectivity index (χ1n) is 4.20. The summed E-state index contributed by atoms with van der Waals surface area (Å²) >= 11 is 10.7. The summed E-state index contributed by atoms with van der Waals surface area (Å²) in [4.78, 5) is 20.3. The Labute approximate surface area is 101 Å². The molecule has 0 radical (unpaired) electrons. The van der Waals surface area contributed by atoms with Crippen LogP contribution in [-0.4, -0.2) is 22.3 Å². The van der Waals surface area contributed by atoms with Crippen LogP contribution in [0.2, 0.25) is 0 Å². The molecule has 16 heavy (non-hydrogen) atoms. The van der Waals surface area contributed by atoms with Crippen molar-refractivity contribution >= 4 is 34.9 Å². The van der Waals surface area contributed by atoms with Crippen molar-refractivity contribution < 1.29 is 14.5 Å². The fourth-order valence-corrected chi connectivity index (χ4v) is 1.07. The molecule has 7 heteroatoms. The van der Waals surface area contributed by atoms with Gasteiger partial charge in [-0.15, -0.1) is 23.2 Å². The Hall–Kier alpha value is -1.33. The second kappa shape index (κ2) is 5.67. The number of hydrogen-bond donors (Lipinski definition) is 0. The molecule has 0 saturated carbocycles. The third kappa shape index (κ3) is 3.67. The minimum Gasteiger partial charge on any atom is -0.459 e. The summed E-state index contributed by atoms with van der Waals surface area (Å²) in [5, 5.41) is 10.4. The number of nitro groups is 1. The standard InChI is InChI=1S/C9H7Cl2NO4/c10-8(11)5-16-9(13)6-1-3-7(4-2-6)12(14)15/h1-4,8H,5H2. The molecule has 0 unspecified atom stereocenters. The number of carbonyl (C=O) groups excluding carboxylic acids is 1. The summed E-state index contributed by atoms with van der Waals surface area (Å²) < 4.78 is 4.72. The van der Waals surface area contributed by atoms with Gasteiger partial charge in [-0.25, -0.2) is 4.79 Å². The van der Waals surface area contributed by atoms with Crippen LogP contribution in [0.15, 0.2) is 24.3 Å².